The topological polar surface area (TPSA) is 68.9 Å². The van der Waals surface area contributed by atoms with Crippen LogP contribution in [0.2, 0.25) is 0 Å². The maximum absolute atomic E-state index is 10.3. The molecule has 1 heterocycles. The summed E-state index contributed by atoms with van der Waals surface area (Å²) in [5.41, 5.74) is 3.53. The zero-order valence-electron chi connectivity index (χ0n) is 13.1. The number of anilines is 1. The summed E-state index contributed by atoms with van der Waals surface area (Å²) in [6.07, 6.45) is 0.938. The summed E-state index contributed by atoms with van der Waals surface area (Å²) < 4.78 is 0. The van der Waals surface area contributed by atoms with Gasteiger partial charge >= 0.3 is 0 Å². The summed E-state index contributed by atoms with van der Waals surface area (Å²) in [5, 5.41) is 22.4. The summed E-state index contributed by atoms with van der Waals surface area (Å²) in [5.74, 6) is 0.486. The monoisotopic (exact) mass is 315 g/mol. The highest BCUT2D eigenvalue weighted by Gasteiger charge is 2.09. The number of aliphatic hydroxyl groups excluding tert-OH is 1. The molecular formula is C20H17N3O. The van der Waals surface area contributed by atoms with Gasteiger partial charge < -0.3 is 10.4 Å². The fraction of sp³-hybridized carbons (Fsp3) is 0.100. The number of nitrogens with zero attached hydrogens (tertiary/aromatic N) is 2. The second kappa shape index (κ2) is 7.40. The van der Waals surface area contributed by atoms with Crippen LogP contribution in [0.1, 0.15) is 17.2 Å². The van der Waals surface area contributed by atoms with Crippen LogP contribution in [0.3, 0.4) is 0 Å². The van der Waals surface area contributed by atoms with Crippen LogP contribution < -0.4 is 5.32 Å². The van der Waals surface area contributed by atoms with Gasteiger partial charge in [-0.2, -0.15) is 5.26 Å². The van der Waals surface area contributed by atoms with E-state index < -0.39 is 6.10 Å². The third kappa shape index (κ3) is 3.60. The molecule has 1 aromatic heterocycles. The van der Waals surface area contributed by atoms with Crippen LogP contribution in [0.15, 0.2) is 72.9 Å². The van der Waals surface area contributed by atoms with Crippen LogP contribution >= 0.6 is 0 Å². The predicted molar refractivity (Wildman–Crippen MR) is 94.3 cm³/mol. The van der Waals surface area contributed by atoms with Crippen molar-refractivity contribution in [3.05, 3.63) is 84.1 Å². The van der Waals surface area contributed by atoms with E-state index in [1.54, 1.807) is 18.3 Å². The molecule has 1 unspecified atom stereocenters. The highest BCUT2D eigenvalue weighted by Crippen LogP contribution is 2.22. The van der Waals surface area contributed by atoms with Crippen LogP contribution in [0.25, 0.3) is 11.1 Å². The van der Waals surface area contributed by atoms with E-state index in [-0.39, 0.29) is 6.54 Å². The number of nitrogens with one attached hydrogen (secondary N) is 1. The Kier molecular flexibility index (Phi) is 4.85. The van der Waals surface area contributed by atoms with E-state index in [4.69, 9.17) is 5.26 Å². The fourth-order valence-corrected chi connectivity index (χ4v) is 2.48. The number of rotatable bonds is 5. The zero-order chi connectivity index (χ0) is 16.8. The number of hydrogen-bond donors (Lipinski definition) is 2. The fourth-order valence-electron chi connectivity index (χ4n) is 2.48. The Hall–Kier alpha value is -3.16. The Morgan fingerprint density at radius 3 is 2.38 bits per heavy atom. The number of nitriles is 1. The molecule has 4 nitrogen and oxygen atoms in total. The number of aromatic nitrogens is 1. The molecule has 0 spiro atoms. The van der Waals surface area contributed by atoms with Crippen LogP contribution in [-0.4, -0.2) is 16.6 Å². The first-order valence-corrected chi connectivity index (χ1v) is 7.70. The molecule has 1 atom stereocenters. The standard InChI is InChI=1S/C20H17N3O/c21-13-18-7-4-12-22-20(18)23-14-19(24)17-10-8-16(9-11-17)15-5-2-1-3-6-15/h1-12,19,24H,14H2,(H,22,23). The normalized spacial score (nSPS) is 11.5. The minimum atomic E-state index is -0.677. The van der Waals surface area contributed by atoms with E-state index in [1.807, 2.05) is 42.5 Å². The molecule has 0 aliphatic heterocycles. The van der Waals surface area contributed by atoms with Crippen molar-refractivity contribution in [3.8, 4) is 17.2 Å². The van der Waals surface area contributed by atoms with Crippen LogP contribution in [0.4, 0.5) is 5.82 Å². The Morgan fingerprint density at radius 1 is 0.958 bits per heavy atom. The van der Waals surface area contributed by atoms with Gasteiger partial charge in [-0.1, -0.05) is 54.6 Å². The molecule has 118 valence electrons. The molecular weight excluding hydrogens is 298 g/mol. The van der Waals surface area contributed by atoms with Crippen molar-refractivity contribution in [1.82, 2.24) is 4.98 Å². The Morgan fingerprint density at radius 2 is 1.67 bits per heavy atom. The van der Waals surface area contributed by atoms with E-state index in [0.717, 1.165) is 16.7 Å². The molecule has 0 radical (unpaired) electrons. The molecule has 3 aromatic rings. The number of aliphatic hydroxyl groups is 1. The lowest BCUT2D eigenvalue weighted by atomic mass is 10.0. The van der Waals surface area contributed by atoms with Gasteiger partial charge in [0, 0.05) is 12.7 Å². The Bertz CT molecular complexity index is 839. The van der Waals surface area contributed by atoms with Crippen molar-refractivity contribution in [3.63, 3.8) is 0 Å². The minimum Gasteiger partial charge on any atom is -0.387 e. The van der Waals surface area contributed by atoms with Crippen molar-refractivity contribution in [2.24, 2.45) is 0 Å². The molecule has 3 rings (SSSR count). The average molecular weight is 315 g/mol. The molecule has 0 aliphatic rings. The van der Waals surface area contributed by atoms with E-state index in [9.17, 15) is 5.11 Å². The van der Waals surface area contributed by atoms with E-state index >= 15 is 0 Å². The van der Waals surface area contributed by atoms with Gasteiger partial charge in [0.2, 0.25) is 0 Å². The second-order valence-corrected chi connectivity index (χ2v) is 5.40. The van der Waals surface area contributed by atoms with Gasteiger partial charge in [-0.3, -0.25) is 0 Å². The van der Waals surface area contributed by atoms with Gasteiger partial charge in [0.25, 0.3) is 0 Å². The maximum atomic E-state index is 10.3. The smallest absolute Gasteiger partial charge is 0.143 e. The van der Waals surface area contributed by atoms with Crippen molar-refractivity contribution in [1.29, 1.82) is 5.26 Å². The summed E-state index contributed by atoms with van der Waals surface area (Å²) in [4.78, 5) is 4.12. The maximum Gasteiger partial charge on any atom is 0.143 e. The second-order valence-electron chi connectivity index (χ2n) is 5.40. The average Bonchev–Trinajstić information content (AvgIpc) is 2.67. The highest BCUT2D eigenvalue weighted by molar-refractivity contribution is 5.63. The Balaban J connectivity index is 1.67. The van der Waals surface area contributed by atoms with Gasteiger partial charge in [0.05, 0.1) is 11.7 Å². The summed E-state index contributed by atoms with van der Waals surface area (Å²) >= 11 is 0. The molecule has 2 aromatic carbocycles. The first-order valence-electron chi connectivity index (χ1n) is 7.70. The number of benzene rings is 2. The van der Waals surface area contributed by atoms with Crippen LogP contribution in [0.5, 0.6) is 0 Å². The lowest BCUT2D eigenvalue weighted by Crippen LogP contribution is -2.13. The molecule has 0 saturated heterocycles. The van der Waals surface area contributed by atoms with E-state index in [0.29, 0.717) is 11.4 Å². The van der Waals surface area contributed by atoms with Crippen LogP contribution in [-0.2, 0) is 0 Å². The van der Waals surface area contributed by atoms with Gasteiger partial charge in [0.1, 0.15) is 11.9 Å². The van der Waals surface area contributed by atoms with Crippen molar-refractivity contribution in [2.45, 2.75) is 6.10 Å². The third-order valence-electron chi connectivity index (χ3n) is 3.79. The lowest BCUT2D eigenvalue weighted by molar-refractivity contribution is 0.191. The summed E-state index contributed by atoms with van der Waals surface area (Å²) in [7, 11) is 0. The summed E-state index contributed by atoms with van der Waals surface area (Å²) in [6.45, 7) is 0.288. The van der Waals surface area contributed by atoms with Gasteiger partial charge in [-0.05, 0) is 28.8 Å². The molecule has 0 fully saturated rings. The SMILES string of the molecule is N#Cc1cccnc1NCC(O)c1ccc(-c2ccccc2)cc1. The molecule has 4 heteroatoms. The first-order chi connectivity index (χ1) is 11.8. The highest BCUT2D eigenvalue weighted by atomic mass is 16.3. The van der Waals surface area contributed by atoms with Gasteiger partial charge in [-0.25, -0.2) is 4.98 Å². The number of pyridine rings is 1. The first kappa shape index (κ1) is 15.7. The van der Waals surface area contributed by atoms with E-state index in [2.05, 4.69) is 28.5 Å². The minimum absolute atomic E-state index is 0.288. The predicted octanol–water partition coefficient (Wildman–Crippen LogP) is 3.77. The zero-order valence-corrected chi connectivity index (χ0v) is 13.1. The Labute approximate surface area is 141 Å². The van der Waals surface area contributed by atoms with Crippen molar-refractivity contribution in [2.75, 3.05) is 11.9 Å². The molecule has 0 bridgehead atoms. The number of hydrogen-bond acceptors (Lipinski definition) is 4. The van der Waals surface area contributed by atoms with Crippen LogP contribution in [0, 0.1) is 11.3 Å². The quantitative estimate of drug-likeness (QED) is 0.752. The van der Waals surface area contributed by atoms with E-state index in [1.165, 1.54) is 0 Å². The van der Waals surface area contributed by atoms with Crippen molar-refractivity contribution < 1.29 is 5.11 Å². The lowest BCUT2D eigenvalue weighted by Gasteiger charge is -2.14. The third-order valence-corrected chi connectivity index (χ3v) is 3.79. The molecule has 0 saturated carbocycles. The molecule has 24 heavy (non-hydrogen) atoms. The molecule has 0 aliphatic carbocycles. The molecule has 2 N–H and O–H groups in total. The molecule has 0 amide bonds. The largest absolute Gasteiger partial charge is 0.387 e. The van der Waals surface area contributed by atoms with Gasteiger partial charge in [0.15, 0.2) is 0 Å². The van der Waals surface area contributed by atoms with Crippen molar-refractivity contribution >= 4 is 5.82 Å². The summed E-state index contributed by atoms with van der Waals surface area (Å²) in [6, 6.07) is 23.4. The van der Waals surface area contributed by atoms with Gasteiger partial charge in [-0.15, -0.1) is 0 Å².